The van der Waals surface area contributed by atoms with Crippen LogP contribution in [0.4, 0.5) is 0 Å². The van der Waals surface area contributed by atoms with Gasteiger partial charge in [0.1, 0.15) is 0 Å². The second-order valence-electron chi connectivity index (χ2n) is 6.71. The molecule has 2 aromatic rings. The summed E-state index contributed by atoms with van der Waals surface area (Å²) in [6.45, 7) is 5.71. The Morgan fingerprint density at radius 3 is 2.85 bits per heavy atom. The molecule has 0 radical (unpaired) electrons. The predicted octanol–water partition coefficient (Wildman–Crippen LogP) is 4.70. The lowest BCUT2D eigenvalue weighted by Crippen LogP contribution is -2.25. The van der Waals surface area contributed by atoms with Crippen molar-refractivity contribution in [2.75, 3.05) is 0 Å². The van der Waals surface area contributed by atoms with Crippen LogP contribution in [0.15, 0.2) is 18.5 Å². The quantitative estimate of drug-likeness (QED) is 0.828. The Morgan fingerprint density at radius 1 is 1.40 bits per heavy atom. The molecule has 2 aromatic heterocycles. The molecule has 20 heavy (non-hydrogen) atoms. The molecule has 1 aliphatic rings. The predicted molar refractivity (Wildman–Crippen MR) is 85.3 cm³/mol. The molecule has 108 valence electrons. The van der Waals surface area contributed by atoms with Crippen molar-refractivity contribution in [3.05, 3.63) is 23.2 Å². The van der Waals surface area contributed by atoms with E-state index in [0.717, 1.165) is 22.8 Å². The van der Waals surface area contributed by atoms with E-state index in [1.54, 1.807) is 0 Å². The molecule has 1 aliphatic carbocycles. The molecule has 3 nitrogen and oxygen atoms in total. The van der Waals surface area contributed by atoms with Crippen LogP contribution in [0, 0.1) is 16.1 Å². The molecule has 0 bridgehead atoms. The Hall–Kier alpha value is -1.16. The molecule has 2 heterocycles. The summed E-state index contributed by atoms with van der Waals surface area (Å²) in [5.41, 5.74) is 2.68. The van der Waals surface area contributed by atoms with Gasteiger partial charge in [-0.15, -0.1) is 0 Å². The van der Waals surface area contributed by atoms with Crippen molar-refractivity contribution < 1.29 is 0 Å². The topological polar surface area (TPSA) is 33.6 Å². The maximum absolute atomic E-state index is 5.53. The van der Waals surface area contributed by atoms with E-state index in [-0.39, 0.29) is 0 Å². The molecule has 0 aromatic carbocycles. The average Bonchev–Trinajstić information content (AvgIpc) is 2.96. The summed E-state index contributed by atoms with van der Waals surface area (Å²) in [4.78, 5) is 7.46. The fourth-order valence-corrected chi connectivity index (χ4v) is 4.19. The highest BCUT2D eigenvalue weighted by atomic mass is 32.1. The van der Waals surface area contributed by atoms with Crippen LogP contribution < -0.4 is 0 Å². The number of nitrogens with one attached hydrogen (secondary N) is 1. The van der Waals surface area contributed by atoms with Crippen LogP contribution in [0.3, 0.4) is 0 Å². The average molecular weight is 289 g/mol. The molecule has 0 aliphatic heterocycles. The lowest BCUT2D eigenvalue weighted by molar-refractivity contribution is 0.198. The molecule has 0 atom stereocenters. The number of nitrogens with zero attached hydrogens (tertiary/aromatic N) is 2. The lowest BCUT2D eigenvalue weighted by Gasteiger charge is -2.31. The van der Waals surface area contributed by atoms with Gasteiger partial charge in [-0.2, -0.15) is 0 Å². The number of hydrogen-bond donors (Lipinski definition) is 1. The lowest BCUT2D eigenvalue weighted by atomic mass is 9.78. The first kappa shape index (κ1) is 13.8. The van der Waals surface area contributed by atoms with Gasteiger partial charge < -0.3 is 9.55 Å². The molecular formula is C16H23N3S. The third-order valence-corrected chi connectivity index (χ3v) is 4.90. The van der Waals surface area contributed by atoms with Crippen LogP contribution >= 0.6 is 12.2 Å². The van der Waals surface area contributed by atoms with E-state index in [0.29, 0.717) is 5.41 Å². The first-order valence-electron chi connectivity index (χ1n) is 7.62. The third kappa shape index (κ3) is 2.53. The molecule has 0 amide bonds. The van der Waals surface area contributed by atoms with Gasteiger partial charge in [-0.05, 0) is 48.9 Å². The van der Waals surface area contributed by atoms with E-state index in [1.807, 2.05) is 12.4 Å². The Balaban J connectivity index is 1.98. The van der Waals surface area contributed by atoms with Crippen LogP contribution in [0.5, 0.6) is 0 Å². The number of H-pyrrole nitrogens is 1. The molecule has 1 saturated carbocycles. The van der Waals surface area contributed by atoms with Crippen LogP contribution in [0.25, 0.3) is 11.0 Å². The molecule has 1 fully saturated rings. The summed E-state index contributed by atoms with van der Waals surface area (Å²) in [6, 6.07) is 2.07. The van der Waals surface area contributed by atoms with E-state index in [2.05, 4.69) is 34.4 Å². The zero-order chi connectivity index (χ0) is 14.2. The second kappa shape index (κ2) is 5.32. The van der Waals surface area contributed by atoms with Crippen molar-refractivity contribution in [3.8, 4) is 0 Å². The molecule has 0 spiro atoms. The number of aromatic nitrogens is 3. The van der Waals surface area contributed by atoms with Gasteiger partial charge in [-0.1, -0.05) is 26.7 Å². The van der Waals surface area contributed by atoms with Crippen LogP contribution in [0.2, 0.25) is 0 Å². The highest BCUT2D eigenvalue weighted by Crippen LogP contribution is 2.45. The van der Waals surface area contributed by atoms with E-state index >= 15 is 0 Å². The molecule has 1 N–H and O–H groups in total. The summed E-state index contributed by atoms with van der Waals surface area (Å²) < 4.78 is 3.13. The van der Waals surface area contributed by atoms with Crippen molar-refractivity contribution in [2.45, 2.75) is 52.5 Å². The largest absolute Gasteiger partial charge is 0.329 e. The van der Waals surface area contributed by atoms with Crippen molar-refractivity contribution >= 4 is 23.3 Å². The molecule has 4 heteroatoms. The minimum absolute atomic E-state index is 0.435. The van der Waals surface area contributed by atoms with Crippen LogP contribution in [-0.4, -0.2) is 14.5 Å². The maximum atomic E-state index is 5.53. The van der Waals surface area contributed by atoms with Crippen molar-refractivity contribution in [1.82, 2.24) is 14.5 Å². The van der Waals surface area contributed by atoms with Gasteiger partial charge in [0.05, 0.1) is 17.2 Å². The van der Waals surface area contributed by atoms with E-state index in [9.17, 15) is 0 Å². The molecule has 3 rings (SSSR count). The van der Waals surface area contributed by atoms with Gasteiger partial charge in [0.15, 0.2) is 4.77 Å². The highest BCUT2D eigenvalue weighted by Gasteiger charge is 2.35. The Labute approximate surface area is 125 Å². The zero-order valence-electron chi connectivity index (χ0n) is 12.4. The molecular weight excluding hydrogens is 266 g/mol. The SMILES string of the molecule is CC(C)CC1(Cn2c(=S)[nH]c3cnccc32)CCCC1. The van der Waals surface area contributed by atoms with Crippen molar-refractivity contribution in [1.29, 1.82) is 0 Å². The Morgan fingerprint density at radius 2 is 2.15 bits per heavy atom. The van der Waals surface area contributed by atoms with Gasteiger partial charge in [-0.25, -0.2) is 0 Å². The van der Waals surface area contributed by atoms with Crippen LogP contribution in [-0.2, 0) is 6.54 Å². The summed E-state index contributed by atoms with van der Waals surface area (Å²) in [6.07, 6.45) is 10.4. The number of rotatable bonds is 4. The Bertz CT molecular complexity index is 647. The van der Waals surface area contributed by atoms with Gasteiger partial charge in [0.2, 0.25) is 0 Å². The van der Waals surface area contributed by atoms with Gasteiger partial charge in [-0.3, -0.25) is 4.98 Å². The monoisotopic (exact) mass is 289 g/mol. The number of imidazole rings is 1. The van der Waals surface area contributed by atoms with Gasteiger partial charge in [0.25, 0.3) is 0 Å². The second-order valence-corrected chi connectivity index (χ2v) is 7.10. The smallest absolute Gasteiger partial charge is 0.178 e. The zero-order valence-corrected chi connectivity index (χ0v) is 13.2. The highest BCUT2D eigenvalue weighted by molar-refractivity contribution is 7.71. The van der Waals surface area contributed by atoms with Gasteiger partial charge >= 0.3 is 0 Å². The maximum Gasteiger partial charge on any atom is 0.178 e. The van der Waals surface area contributed by atoms with E-state index in [1.165, 1.54) is 37.6 Å². The minimum Gasteiger partial charge on any atom is -0.329 e. The fourth-order valence-electron chi connectivity index (χ4n) is 3.92. The molecule has 0 unspecified atom stereocenters. The first-order chi connectivity index (χ1) is 9.60. The normalized spacial score (nSPS) is 18.1. The van der Waals surface area contributed by atoms with E-state index < -0.39 is 0 Å². The van der Waals surface area contributed by atoms with Crippen LogP contribution in [0.1, 0.15) is 46.0 Å². The summed E-state index contributed by atoms with van der Waals surface area (Å²) in [5.74, 6) is 0.745. The van der Waals surface area contributed by atoms with Crippen molar-refractivity contribution in [3.63, 3.8) is 0 Å². The summed E-state index contributed by atoms with van der Waals surface area (Å²) in [5, 5.41) is 0. The summed E-state index contributed by atoms with van der Waals surface area (Å²) >= 11 is 5.53. The number of pyridine rings is 1. The Kier molecular flexibility index (Phi) is 3.67. The number of aromatic amines is 1. The first-order valence-corrected chi connectivity index (χ1v) is 8.03. The third-order valence-electron chi connectivity index (χ3n) is 4.57. The number of fused-ring (bicyclic) bond motifs is 1. The standard InChI is InChI=1S/C16H23N3S/c1-12(2)9-16(6-3-4-7-16)11-19-14-5-8-17-10-13(14)18-15(19)20/h5,8,10,12H,3-4,6-7,9,11H2,1-2H3,(H,18,20). The number of hydrogen-bond acceptors (Lipinski definition) is 2. The fraction of sp³-hybridized carbons (Fsp3) is 0.625. The minimum atomic E-state index is 0.435. The van der Waals surface area contributed by atoms with E-state index in [4.69, 9.17) is 12.2 Å². The van der Waals surface area contributed by atoms with Gasteiger partial charge in [0, 0.05) is 12.7 Å². The summed E-state index contributed by atoms with van der Waals surface area (Å²) in [7, 11) is 0. The van der Waals surface area contributed by atoms with Crippen molar-refractivity contribution in [2.24, 2.45) is 11.3 Å². The molecule has 0 saturated heterocycles.